The fourth-order valence-electron chi connectivity index (χ4n) is 5.15. The van der Waals surface area contributed by atoms with Crippen LogP contribution in [0.1, 0.15) is 55.0 Å². The zero-order chi connectivity index (χ0) is 29.7. The highest BCUT2D eigenvalue weighted by Gasteiger charge is 2.38. The summed E-state index contributed by atoms with van der Waals surface area (Å²) >= 11 is 0. The number of halogens is 5. The van der Waals surface area contributed by atoms with Gasteiger partial charge in [0.25, 0.3) is 6.43 Å². The summed E-state index contributed by atoms with van der Waals surface area (Å²) in [5.41, 5.74) is 0.753. The van der Waals surface area contributed by atoms with Crippen molar-refractivity contribution < 1.29 is 41.2 Å². The number of fused-ring (bicyclic) bond motifs is 1. The lowest BCUT2D eigenvalue weighted by molar-refractivity contribution is -0.192. The zero-order valence-electron chi connectivity index (χ0n) is 22.2. The second-order valence-electron chi connectivity index (χ2n) is 9.98. The lowest BCUT2D eigenvalue weighted by atomic mass is 9.94. The molecule has 14 heteroatoms. The predicted molar refractivity (Wildman–Crippen MR) is 139 cm³/mol. The van der Waals surface area contributed by atoms with Gasteiger partial charge < -0.3 is 19.8 Å². The van der Waals surface area contributed by atoms with Crippen LogP contribution in [-0.2, 0) is 4.79 Å². The maximum atomic E-state index is 13.9. The number of carboxylic acid groups (broad SMARTS) is 1. The predicted octanol–water partition coefficient (Wildman–Crippen LogP) is 5.66. The van der Waals surface area contributed by atoms with E-state index in [9.17, 15) is 26.7 Å². The van der Waals surface area contributed by atoms with Crippen molar-refractivity contribution in [2.75, 3.05) is 31.1 Å². The van der Waals surface area contributed by atoms with Gasteiger partial charge in [-0.3, -0.25) is 4.90 Å². The number of aliphatic carboxylic acids is 1. The molecule has 5 rings (SSSR count). The largest absolute Gasteiger partial charge is 0.490 e. The average Bonchev–Trinajstić information content (AvgIpc) is 3.45. The van der Waals surface area contributed by atoms with Gasteiger partial charge in [0.2, 0.25) is 0 Å². The number of nitrogens with zero attached hydrogens (tertiary/aromatic N) is 4. The van der Waals surface area contributed by atoms with Gasteiger partial charge in [0.1, 0.15) is 17.3 Å². The fourth-order valence-corrected chi connectivity index (χ4v) is 5.15. The number of urea groups is 1. The number of carbonyl (C=O) groups excluding carboxylic acids is 1. The average molecular weight is 584 g/mol. The molecule has 2 aromatic heterocycles. The number of carboxylic acids is 1. The van der Waals surface area contributed by atoms with Crippen LogP contribution >= 0.6 is 0 Å². The van der Waals surface area contributed by atoms with Crippen LogP contribution < -0.4 is 10.2 Å². The van der Waals surface area contributed by atoms with E-state index in [-0.39, 0.29) is 23.7 Å². The lowest BCUT2D eigenvalue weighted by Crippen LogP contribution is -2.55. The summed E-state index contributed by atoms with van der Waals surface area (Å²) in [6, 6.07) is 9.39. The maximum Gasteiger partial charge on any atom is 0.490 e. The van der Waals surface area contributed by atoms with Gasteiger partial charge in [-0.15, -0.1) is 0 Å². The maximum absolute atomic E-state index is 13.9. The van der Waals surface area contributed by atoms with Gasteiger partial charge in [-0.25, -0.2) is 23.4 Å². The number of pyridine rings is 1. The number of hydrogen-bond donors (Lipinski definition) is 2. The molecule has 2 aliphatic rings. The van der Waals surface area contributed by atoms with Gasteiger partial charge in [0.05, 0.1) is 6.04 Å². The van der Waals surface area contributed by atoms with Crippen molar-refractivity contribution in [2.24, 2.45) is 0 Å². The quantitative estimate of drug-likeness (QED) is 0.381. The summed E-state index contributed by atoms with van der Waals surface area (Å²) < 4.78 is 62.7. The van der Waals surface area contributed by atoms with Crippen LogP contribution in [0.5, 0.6) is 0 Å². The molecule has 9 nitrogen and oxygen atoms in total. The van der Waals surface area contributed by atoms with Crippen LogP contribution in [0.2, 0.25) is 0 Å². The number of nitrogens with one attached hydrogen (secondary N) is 1. The Morgan fingerprint density at radius 1 is 1.17 bits per heavy atom. The van der Waals surface area contributed by atoms with Gasteiger partial charge in [-0.1, -0.05) is 23.4 Å². The molecule has 4 heterocycles. The number of piperidine rings is 2. The first-order chi connectivity index (χ1) is 19.5. The molecule has 2 aliphatic heterocycles. The molecule has 0 aliphatic carbocycles. The van der Waals surface area contributed by atoms with Crippen LogP contribution in [0.15, 0.2) is 41.1 Å². The summed E-state index contributed by atoms with van der Waals surface area (Å²) in [4.78, 5) is 31.3. The van der Waals surface area contributed by atoms with E-state index in [2.05, 4.69) is 10.5 Å². The van der Waals surface area contributed by atoms with Crippen molar-refractivity contribution in [1.29, 1.82) is 0 Å². The highest BCUT2D eigenvalue weighted by Crippen LogP contribution is 2.34. The smallest absolute Gasteiger partial charge is 0.475 e. The SMILES string of the molecule is Cc1cccc2ccnc(N(C(=O)N3CCC(c4cc(C(F)F)no4)CC3)[C@@H]3CCCNC3)c12.O=C(O)C(F)(F)F. The highest BCUT2D eigenvalue weighted by molar-refractivity contribution is 6.03. The number of benzene rings is 1. The molecule has 222 valence electrons. The fraction of sp³-hybridized carbons (Fsp3) is 0.481. The van der Waals surface area contributed by atoms with Crippen molar-refractivity contribution in [2.45, 2.75) is 57.2 Å². The lowest BCUT2D eigenvalue weighted by Gasteiger charge is -2.40. The van der Waals surface area contributed by atoms with Crippen LogP contribution in [0.3, 0.4) is 0 Å². The number of carbonyl (C=O) groups is 2. The second kappa shape index (κ2) is 12.8. The number of hydrogen-bond acceptors (Lipinski definition) is 6. The van der Waals surface area contributed by atoms with Crippen LogP contribution in [0, 0.1) is 6.92 Å². The Bertz CT molecular complexity index is 1350. The van der Waals surface area contributed by atoms with Crippen molar-refractivity contribution in [1.82, 2.24) is 20.4 Å². The topological polar surface area (TPSA) is 112 Å². The van der Waals surface area contributed by atoms with Crippen LogP contribution in [0.4, 0.5) is 32.6 Å². The third kappa shape index (κ3) is 7.10. The van der Waals surface area contributed by atoms with Gasteiger partial charge in [0, 0.05) is 43.2 Å². The van der Waals surface area contributed by atoms with Crippen LogP contribution in [0.25, 0.3) is 10.8 Å². The van der Waals surface area contributed by atoms with E-state index in [4.69, 9.17) is 19.4 Å². The van der Waals surface area contributed by atoms with E-state index in [0.717, 1.165) is 42.3 Å². The molecular formula is C27H30F5N5O4. The van der Waals surface area contributed by atoms with E-state index < -0.39 is 18.6 Å². The van der Waals surface area contributed by atoms with E-state index in [0.29, 0.717) is 37.5 Å². The standard InChI is InChI=1S/C25H29F2N5O2.C2HF3O2/c1-16-4-2-5-18-7-11-29-24(22(16)18)32(19-6-3-10-28-15-19)25(33)31-12-8-17(9-13-31)21-14-20(23(26)27)30-34-21;3-2(4,5)1(6)7/h2,4-5,7,11,14,17,19,23,28H,3,6,8-10,12-13,15H2,1H3;(H,6,7)/t19-;/m1./s1. The summed E-state index contributed by atoms with van der Waals surface area (Å²) in [6.07, 6.45) is -2.77. The van der Waals surface area contributed by atoms with Gasteiger partial charge in [-0.05, 0) is 56.2 Å². The summed E-state index contributed by atoms with van der Waals surface area (Å²) in [5, 5.41) is 16.1. The van der Waals surface area contributed by atoms with Gasteiger partial charge in [0.15, 0.2) is 0 Å². The Labute approximate surface area is 232 Å². The first-order valence-electron chi connectivity index (χ1n) is 13.1. The number of amides is 2. The molecule has 41 heavy (non-hydrogen) atoms. The summed E-state index contributed by atoms with van der Waals surface area (Å²) in [5.74, 6) is -1.60. The monoisotopic (exact) mass is 583 g/mol. The molecule has 1 aromatic carbocycles. The van der Waals surface area contributed by atoms with Crippen molar-refractivity contribution in [3.8, 4) is 0 Å². The highest BCUT2D eigenvalue weighted by atomic mass is 19.4. The van der Waals surface area contributed by atoms with Crippen molar-refractivity contribution >= 4 is 28.6 Å². The number of anilines is 1. The minimum Gasteiger partial charge on any atom is -0.475 e. The number of likely N-dealkylation sites (tertiary alicyclic amines) is 1. The first kappa shape index (κ1) is 30.2. The Morgan fingerprint density at radius 3 is 2.46 bits per heavy atom. The molecule has 0 spiro atoms. The normalized spacial score (nSPS) is 18.2. The van der Waals surface area contributed by atoms with E-state index in [1.165, 1.54) is 6.07 Å². The Hall–Kier alpha value is -3.81. The van der Waals surface area contributed by atoms with E-state index in [1.807, 2.05) is 41.0 Å². The Balaban J connectivity index is 0.000000493. The third-order valence-electron chi connectivity index (χ3n) is 7.23. The minimum absolute atomic E-state index is 0.0135. The molecule has 0 saturated carbocycles. The van der Waals surface area contributed by atoms with Crippen LogP contribution in [-0.4, -0.2) is 70.5 Å². The van der Waals surface area contributed by atoms with Gasteiger partial charge in [-0.2, -0.15) is 13.2 Å². The molecule has 2 saturated heterocycles. The van der Waals surface area contributed by atoms with E-state index >= 15 is 0 Å². The van der Waals surface area contributed by atoms with Gasteiger partial charge >= 0.3 is 18.2 Å². The van der Waals surface area contributed by atoms with Crippen molar-refractivity contribution in [3.63, 3.8) is 0 Å². The number of alkyl halides is 5. The molecule has 2 N–H and O–H groups in total. The number of aromatic nitrogens is 2. The molecule has 0 unspecified atom stereocenters. The summed E-state index contributed by atoms with van der Waals surface area (Å²) in [7, 11) is 0. The molecule has 2 fully saturated rings. The zero-order valence-corrected chi connectivity index (χ0v) is 22.2. The molecule has 0 radical (unpaired) electrons. The minimum atomic E-state index is -5.08. The third-order valence-corrected chi connectivity index (χ3v) is 7.23. The molecular weight excluding hydrogens is 553 g/mol. The van der Waals surface area contributed by atoms with Crippen molar-refractivity contribution in [3.05, 3.63) is 53.5 Å². The molecule has 1 atom stereocenters. The number of aryl methyl sites for hydroxylation is 1. The number of rotatable bonds is 4. The van der Waals surface area contributed by atoms with E-state index in [1.54, 1.807) is 6.20 Å². The molecule has 0 bridgehead atoms. The molecule has 2 amide bonds. The molecule has 3 aromatic rings. The summed E-state index contributed by atoms with van der Waals surface area (Å²) in [6.45, 7) is 4.76. The second-order valence-corrected chi connectivity index (χ2v) is 9.98. The Morgan fingerprint density at radius 2 is 1.88 bits per heavy atom. The first-order valence-corrected chi connectivity index (χ1v) is 13.1. The Kier molecular flexibility index (Phi) is 9.41.